The van der Waals surface area contributed by atoms with Crippen molar-refractivity contribution in [3.05, 3.63) is 77.4 Å². The molecule has 2 aromatic heterocycles. The minimum atomic E-state index is -0.619. The second-order valence-corrected chi connectivity index (χ2v) is 10.6. The lowest BCUT2D eigenvalue weighted by Gasteiger charge is -2.22. The Morgan fingerprint density at radius 3 is 2.55 bits per heavy atom. The second kappa shape index (κ2) is 9.88. The fraction of sp³-hybridized carbons (Fsp3) is 0.304. The van der Waals surface area contributed by atoms with Crippen molar-refractivity contribution in [3.8, 4) is 0 Å². The molecule has 1 unspecified atom stereocenters. The summed E-state index contributed by atoms with van der Waals surface area (Å²) in [5.41, 5.74) is 1.42. The molecule has 4 rings (SSSR count). The predicted octanol–water partition coefficient (Wildman–Crippen LogP) is 5.43. The topological polar surface area (TPSA) is 81.4 Å². The number of fused-ring (bicyclic) bond motifs is 1. The van der Waals surface area contributed by atoms with Crippen LogP contribution in [0.2, 0.25) is 0 Å². The Morgan fingerprint density at radius 1 is 1.12 bits per heavy atom. The number of hydrogen-bond donors (Lipinski definition) is 1. The van der Waals surface area contributed by atoms with Crippen molar-refractivity contribution in [1.82, 2.24) is 25.1 Å². The van der Waals surface area contributed by atoms with Crippen LogP contribution in [0.3, 0.4) is 0 Å². The smallest absolute Gasteiger partial charge is 0.408 e. The van der Waals surface area contributed by atoms with Crippen LogP contribution in [-0.4, -0.2) is 31.5 Å². The first kappa shape index (κ1) is 23.2. The zero-order valence-corrected chi connectivity index (χ0v) is 20.1. The SMILES string of the molecule is CC(C)(C)OC(=O)NC(Cc1ccccc1)c1nnc2sc(SCc3ccc(F)cc3)nn12. The van der Waals surface area contributed by atoms with E-state index < -0.39 is 17.7 Å². The molecule has 0 radical (unpaired) electrons. The van der Waals surface area contributed by atoms with Gasteiger partial charge in [0.2, 0.25) is 4.96 Å². The highest BCUT2D eigenvalue weighted by Crippen LogP contribution is 2.29. The molecule has 2 aromatic carbocycles. The Balaban J connectivity index is 1.56. The lowest BCUT2D eigenvalue weighted by Crippen LogP contribution is -2.36. The molecule has 0 saturated heterocycles. The van der Waals surface area contributed by atoms with Gasteiger partial charge in [-0.3, -0.25) is 0 Å². The molecule has 1 atom stereocenters. The zero-order valence-electron chi connectivity index (χ0n) is 18.5. The van der Waals surface area contributed by atoms with Gasteiger partial charge in [0, 0.05) is 12.2 Å². The summed E-state index contributed by atoms with van der Waals surface area (Å²) in [6, 6.07) is 15.8. The fourth-order valence-electron chi connectivity index (χ4n) is 3.12. The van der Waals surface area contributed by atoms with Crippen LogP contribution in [0.5, 0.6) is 0 Å². The van der Waals surface area contributed by atoms with Gasteiger partial charge in [-0.05, 0) is 44.0 Å². The number of nitrogens with zero attached hydrogens (tertiary/aromatic N) is 4. The normalized spacial score (nSPS) is 12.6. The molecule has 0 saturated carbocycles. The van der Waals surface area contributed by atoms with Crippen LogP contribution in [0.25, 0.3) is 4.96 Å². The standard InChI is InChI=1S/C23H24FN5O2S2/c1-23(2,3)31-21(30)25-18(13-15-7-5-4-6-8-15)19-26-27-20-29(19)28-22(33-20)32-14-16-9-11-17(24)12-10-16/h4-12,18H,13-14H2,1-3H3,(H,25,30). The van der Waals surface area contributed by atoms with E-state index in [1.807, 2.05) is 51.1 Å². The Morgan fingerprint density at radius 2 is 1.85 bits per heavy atom. The molecular formula is C23H24FN5O2S2. The lowest BCUT2D eigenvalue weighted by molar-refractivity contribution is 0.0500. The number of benzene rings is 2. The molecule has 172 valence electrons. The van der Waals surface area contributed by atoms with Crippen molar-refractivity contribution in [2.45, 2.75) is 48.9 Å². The molecule has 0 aliphatic heterocycles. The third-order valence-corrected chi connectivity index (χ3v) is 6.66. The number of carbonyl (C=O) groups excluding carboxylic acids is 1. The predicted molar refractivity (Wildman–Crippen MR) is 127 cm³/mol. The average molecular weight is 486 g/mol. The molecule has 7 nitrogen and oxygen atoms in total. The summed E-state index contributed by atoms with van der Waals surface area (Å²) < 4.78 is 21.1. The maximum atomic E-state index is 13.1. The minimum Gasteiger partial charge on any atom is -0.444 e. The maximum Gasteiger partial charge on any atom is 0.408 e. The molecule has 1 amide bonds. The fourth-order valence-corrected chi connectivity index (χ4v) is 4.96. The average Bonchev–Trinajstić information content (AvgIpc) is 3.33. The van der Waals surface area contributed by atoms with Crippen LogP contribution in [-0.2, 0) is 16.9 Å². The van der Waals surface area contributed by atoms with Gasteiger partial charge in [0.05, 0.1) is 6.04 Å². The molecule has 0 aliphatic rings. The van der Waals surface area contributed by atoms with Gasteiger partial charge in [-0.15, -0.1) is 15.3 Å². The highest BCUT2D eigenvalue weighted by molar-refractivity contribution is 8.00. The number of thioether (sulfide) groups is 1. The first-order valence-electron chi connectivity index (χ1n) is 10.4. The lowest BCUT2D eigenvalue weighted by atomic mass is 10.1. The molecule has 33 heavy (non-hydrogen) atoms. The summed E-state index contributed by atoms with van der Waals surface area (Å²) in [4.78, 5) is 13.2. The number of nitrogens with one attached hydrogen (secondary N) is 1. The van der Waals surface area contributed by atoms with Gasteiger partial charge in [0.1, 0.15) is 11.4 Å². The second-order valence-electron chi connectivity index (χ2n) is 8.42. The van der Waals surface area contributed by atoms with Gasteiger partial charge >= 0.3 is 6.09 Å². The van der Waals surface area contributed by atoms with E-state index in [-0.39, 0.29) is 5.82 Å². The Labute approximate surface area is 199 Å². The van der Waals surface area contributed by atoms with Gasteiger partial charge in [-0.2, -0.15) is 4.52 Å². The van der Waals surface area contributed by atoms with Crippen molar-refractivity contribution in [3.63, 3.8) is 0 Å². The van der Waals surface area contributed by atoms with E-state index in [1.165, 1.54) is 23.5 Å². The van der Waals surface area contributed by atoms with E-state index in [0.29, 0.717) is 23.0 Å². The van der Waals surface area contributed by atoms with Crippen LogP contribution in [0.1, 0.15) is 43.8 Å². The summed E-state index contributed by atoms with van der Waals surface area (Å²) in [7, 11) is 0. The first-order chi connectivity index (χ1) is 15.8. The van der Waals surface area contributed by atoms with E-state index in [1.54, 1.807) is 28.4 Å². The highest BCUT2D eigenvalue weighted by atomic mass is 32.2. The van der Waals surface area contributed by atoms with Gasteiger partial charge in [0.15, 0.2) is 10.2 Å². The molecule has 2 heterocycles. The summed E-state index contributed by atoms with van der Waals surface area (Å²) in [6.07, 6.45) is -0.0162. The van der Waals surface area contributed by atoms with Gasteiger partial charge in [-0.1, -0.05) is 65.6 Å². The molecule has 10 heteroatoms. The monoisotopic (exact) mass is 485 g/mol. The van der Waals surface area contributed by atoms with Crippen LogP contribution in [0.4, 0.5) is 9.18 Å². The Kier molecular flexibility index (Phi) is 6.94. The van der Waals surface area contributed by atoms with E-state index in [0.717, 1.165) is 15.5 Å². The number of alkyl carbamates (subject to hydrolysis) is 1. The molecule has 1 N–H and O–H groups in total. The van der Waals surface area contributed by atoms with Gasteiger partial charge in [-0.25, -0.2) is 9.18 Å². The number of ether oxygens (including phenoxy) is 1. The van der Waals surface area contributed by atoms with Crippen molar-refractivity contribution in [1.29, 1.82) is 0 Å². The Bertz CT molecular complexity index is 1220. The molecule has 0 fully saturated rings. The molecular weight excluding hydrogens is 461 g/mol. The molecule has 0 bridgehead atoms. The quantitative estimate of drug-likeness (QED) is 0.352. The van der Waals surface area contributed by atoms with Crippen LogP contribution in [0, 0.1) is 5.82 Å². The summed E-state index contributed by atoms with van der Waals surface area (Å²) in [5.74, 6) is 0.933. The maximum absolute atomic E-state index is 13.1. The minimum absolute atomic E-state index is 0.255. The Hall–Kier alpha value is -2.98. The van der Waals surface area contributed by atoms with Crippen molar-refractivity contribution in [2.24, 2.45) is 0 Å². The highest BCUT2D eigenvalue weighted by Gasteiger charge is 2.26. The van der Waals surface area contributed by atoms with Crippen molar-refractivity contribution >= 4 is 34.2 Å². The van der Waals surface area contributed by atoms with Gasteiger partial charge in [0.25, 0.3) is 0 Å². The largest absolute Gasteiger partial charge is 0.444 e. The van der Waals surface area contributed by atoms with Crippen LogP contribution in [0.15, 0.2) is 58.9 Å². The molecule has 4 aromatic rings. The van der Waals surface area contributed by atoms with Gasteiger partial charge < -0.3 is 10.1 Å². The summed E-state index contributed by atoms with van der Waals surface area (Å²) >= 11 is 2.96. The van der Waals surface area contributed by atoms with E-state index in [9.17, 15) is 9.18 Å². The van der Waals surface area contributed by atoms with E-state index >= 15 is 0 Å². The number of halogens is 1. The summed E-state index contributed by atoms with van der Waals surface area (Å²) in [5, 5.41) is 16.2. The third-order valence-electron chi connectivity index (χ3n) is 4.56. The first-order valence-corrected chi connectivity index (χ1v) is 12.2. The number of hydrogen-bond acceptors (Lipinski definition) is 7. The van der Waals surface area contributed by atoms with E-state index in [4.69, 9.17) is 4.74 Å². The molecule has 0 aliphatic carbocycles. The van der Waals surface area contributed by atoms with Crippen LogP contribution < -0.4 is 5.32 Å². The van der Waals surface area contributed by atoms with E-state index in [2.05, 4.69) is 20.6 Å². The van der Waals surface area contributed by atoms with Crippen LogP contribution >= 0.6 is 23.1 Å². The van der Waals surface area contributed by atoms with Crippen molar-refractivity contribution in [2.75, 3.05) is 0 Å². The number of aromatic nitrogens is 4. The number of rotatable bonds is 7. The zero-order chi connectivity index (χ0) is 23.4. The number of amides is 1. The third kappa shape index (κ3) is 6.29. The number of carbonyl (C=O) groups is 1. The molecule has 0 spiro atoms. The summed E-state index contributed by atoms with van der Waals surface area (Å²) in [6.45, 7) is 5.46. The van der Waals surface area contributed by atoms with Crippen molar-refractivity contribution < 1.29 is 13.9 Å².